The molecule has 21 heavy (non-hydrogen) atoms. The number of aromatic nitrogens is 3. The highest BCUT2D eigenvalue weighted by Crippen LogP contribution is 2.26. The van der Waals surface area contributed by atoms with Crippen LogP contribution in [0.15, 0.2) is 11.5 Å². The topological polar surface area (TPSA) is 69.0 Å². The minimum Gasteiger partial charge on any atom is -0.468 e. The first-order valence-corrected chi connectivity index (χ1v) is 8.36. The van der Waals surface area contributed by atoms with Crippen molar-refractivity contribution in [2.45, 2.75) is 55.8 Å². The number of nitrogens with zero attached hydrogens (tertiary/aromatic N) is 3. The van der Waals surface area contributed by atoms with Crippen molar-refractivity contribution < 1.29 is 9.53 Å². The van der Waals surface area contributed by atoms with Gasteiger partial charge in [0.2, 0.25) is 0 Å². The van der Waals surface area contributed by atoms with Gasteiger partial charge >= 0.3 is 5.97 Å². The third-order valence-corrected chi connectivity index (χ3v) is 4.83. The lowest BCUT2D eigenvalue weighted by Crippen LogP contribution is -2.51. The molecule has 1 atom stereocenters. The van der Waals surface area contributed by atoms with Gasteiger partial charge in [0.25, 0.3) is 0 Å². The number of rotatable bonds is 9. The number of esters is 1. The molecule has 1 N–H and O–H groups in total. The fourth-order valence-electron chi connectivity index (χ4n) is 2.30. The number of hydrogen-bond donors (Lipinski definition) is 1. The Morgan fingerprint density at radius 1 is 1.57 bits per heavy atom. The zero-order valence-corrected chi connectivity index (χ0v) is 13.8. The van der Waals surface area contributed by atoms with Crippen LogP contribution in [-0.2, 0) is 16.6 Å². The number of unbranched alkanes of at least 4 members (excludes halogenated alkanes) is 1. The van der Waals surface area contributed by atoms with Gasteiger partial charge in [-0.2, -0.15) is 5.10 Å². The summed E-state index contributed by atoms with van der Waals surface area (Å²) in [4.78, 5) is 16.2. The van der Waals surface area contributed by atoms with Gasteiger partial charge in [-0.1, -0.05) is 18.2 Å². The van der Waals surface area contributed by atoms with Crippen LogP contribution in [0.4, 0.5) is 0 Å². The summed E-state index contributed by atoms with van der Waals surface area (Å²) < 4.78 is 6.72. The maximum absolute atomic E-state index is 12.0. The molecule has 6 nitrogen and oxygen atoms in total. The summed E-state index contributed by atoms with van der Waals surface area (Å²) in [5.74, 6) is 0.822. The Kier molecular flexibility index (Phi) is 5.64. The fraction of sp³-hybridized carbons (Fsp3) is 0.786. The summed E-state index contributed by atoms with van der Waals surface area (Å²) in [5, 5.41) is 8.40. The van der Waals surface area contributed by atoms with Gasteiger partial charge in [0.05, 0.1) is 7.11 Å². The van der Waals surface area contributed by atoms with Crippen LogP contribution < -0.4 is 5.32 Å². The molecule has 0 bridgehead atoms. The molecule has 7 heteroatoms. The van der Waals surface area contributed by atoms with E-state index in [2.05, 4.69) is 15.4 Å². The number of methoxy groups -OCH3 is 1. The second-order valence-electron chi connectivity index (χ2n) is 5.71. The summed E-state index contributed by atoms with van der Waals surface area (Å²) in [6, 6.07) is 0.488. The van der Waals surface area contributed by atoms with Gasteiger partial charge in [0.1, 0.15) is 11.9 Å². The van der Waals surface area contributed by atoms with E-state index in [1.54, 1.807) is 22.8 Å². The lowest BCUT2D eigenvalue weighted by Gasteiger charge is -2.28. The first kappa shape index (κ1) is 16.3. The van der Waals surface area contributed by atoms with Crippen LogP contribution in [0, 0.1) is 0 Å². The van der Waals surface area contributed by atoms with Crippen LogP contribution in [0.5, 0.6) is 0 Å². The maximum Gasteiger partial charge on any atom is 0.325 e. The zero-order chi connectivity index (χ0) is 15.3. The third-order valence-electron chi connectivity index (χ3n) is 3.71. The standard InChI is InChI=1S/C14H24N4O2S/c1-14(12(19)20-3,17-11-6-7-11)8-4-5-9-21-13-15-10-16-18(13)2/h10-11,17H,4-9H2,1-3H3. The van der Waals surface area contributed by atoms with Crippen molar-refractivity contribution in [3.63, 3.8) is 0 Å². The van der Waals surface area contributed by atoms with Gasteiger partial charge in [0.15, 0.2) is 5.16 Å². The van der Waals surface area contributed by atoms with Crippen LogP contribution >= 0.6 is 11.8 Å². The highest BCUT2D eigenvalue weighted by Gasteiger charge is 2.38. The van der Waals surface area contributed by atoms with Crippen molar-refractivity contribution in [2.75, 3.05) is 12.9 Å². The predicted molar refractivity (Wildman–Crippen MR) is 82.2 cm³/mol. The molecular weight excluding hydrogens is 288 g/mol. The molecule has 1 aromatic rings. The number of hydrogen-bond acceptors (Lipinski definition) is 6. The molecule has 2 rings (SSSR count). The molecule has 1 aliphatic carbocycles. The van der Waals surface area contributed by atoms with Crippen molar-refractivity contribution in [3.8, 4) is 0 Å². The molecule has 0 spiro atoms. The number of ether oxygens (including phenoxy) is 1. The molecule has 118 valence electrons. The van der Waals surface area contributed by atoms with Crippen molar-refractivity contribution in [1.29, 1.82) is 0 Å². The quantitative estimate of drug-likeness (QED) is 0.426. The van der Waals surface area contributed by atoms with Crippen LogP contribution in [0.25, 0.3) is 0 Å². The highest BCUT2D eigenvalue weighted by atomic mass is 32.2. The van der Waals surface area contributed by atoms with Crippen LogP contribution in [0.2, 0.25) is 0 Å². The molecule has 1 aromatic heterocycles. The molecule has 1 aliphatic rings. The lowest BCUT2D eigenvalue weighted by molar-refractivity contribution is -0.148. The van der Waals surface area contributed by atoms with Crippen LogP contribution in [0.3, 0.4) is 0 Å². The zero-order valence-electron chi connectivity index (χ0n) is 13.0. The SMILES string of the molecule is COC(=O)C(C)(CCCCSc1ncnn1C)NC1CC1. The summed E-state index contributed by atoms with van der Waals surface area (Å²) >= 11 is 1.70. The predicted octanol–water partition coefficient (Wildman–Crippen LogP) is 1.76. The largest absolute Gasteiger partial charge is 0.468 e. The Balaban J connectivity index is 1.71. The molecule has 1 fully saturated rings. The lowest BCUT2D eigenvalue weighted by atomic mass is 9.95. The van der Waals surface area contributed by atoms with E-state index in [1.165, 1.54) is 7.11 Å². The minimum atomic E-state index is -0.550. The van der Waals surface area contributed by atoms with Gasteiger partial charge in [-0.25, -0.2) is 9.67 Å². The van der Waals surface area contributed by atoms with Crippen molar-refractivity contribution in [3.05, 3.63) is 6.33 Å². The molecule has 0 radical (unpaired) electrons. The number of aryl methyl sites for hydroxylation is 1. The molecule has 1 unspecified atom stereocenters. The molecular formula is C14H24N4O2S. The first-order valence-electron chi connectivity index (χ1n) is 7.38. The van der Waals surface area contributed by atoms with E-state index in [9.17, 15) is 4.79 Å². The molecule has 1 heterocycles. The Morgan fingerprint density at radius 2 is 2.33 bits per heavy atom. The summed E-state index contributed by atoms with van der Waals surface area (Å²) in [6.45, 7) is 1.95. The highest BCUT2D eigenvalue weighted by molar-refractivity contribution is 7.99. The van der Waals surface area contributed by atoms with E-state index in [1.807, 2.05) is 14.0 Å². The van der Waals surface area contributed by atoms with Gasteiger partial charge in [0, 0.05) is 18.8 Å². The average Bonchev–Trinajstić information content (AvgIpc) is 3.18. The van der Waals surface area contributed by atoms with Crippen molar-refractivity contribution >= 4 is 17.7 Å². The average molecular weight is 312 g/mol. The number of thioether (sulfide) groups is 1. The van der Waals surface area contributed by atoms with Crippen molar-refractivity contribution in [1.82, 2.24) is 20.1 Å². The number of carbonyl (C=O) groups excluding carboxylic acids is 1. The second-order valence-corrected chi connectivity index (χ2v) is 6.78. The Morgan fingerprint density at radius 3 is 2.90 bits per heavy atom. The Bertz CT molecular complexity index is 475. The smallest absolute Gasteiger partial charge is 0.325 e. The molecule has 0 saturated heterocycles. The van der Waals surface area contributed by atoms with Crippen LogP contribution in [0.1, 0.15) is 39.0 Å². The third kappa shape index (κ3) is 4.71. The van der Waals surface area contributed by atoms with E-state index >= 15 is 0 Å². The van der Waals surface area contributed by atoms with Crippen LogP contribution in [-0.4, -0.2) is 45.2 Å². The van der Waals surface area contributed by atoms with Gasteiger partial charge in [-0.05, 0) is 32.6 Å². The van der Waals surface area contributed by atoms with Gasteiger partial charge in [-0.15, -0.1) is 0 Å². The van der Waals surface area contributed by atoms with E-state index in [0.29, 0.717) is 6.04 Å². The van der Waals surface area contributed by atoms with Gasteiger partial charge < -0.3 is 4.74 Å². The summed E-state index contributed by atoms with van der Waals surface area (Å²) in [6.07, 6.45) is 6.71. The molecule has 0 aliphatic heterocycles. The normalized spacial score (nSPS) is 17.5. The van der Waals surface area contributed by atoms with E-state index in [4.69, 9.17) is 4.74 Å². The summed E-state index contributed by atoms with van der Waals surface area (Å²) in [7, 11) is 3.35. The molecule has 0 amide bonds. The van der Waals surface area contributed by atoms with E-state index in [-0.39, 0.29) is 5.97 Å². The van der Waals surface area contributed by atoms with E-state index in [0.717, 1.165) is 43.0 Å². The maximum atomic E-state index is 12.0. The Labute approximate surface area is 130 Å². The first-order chi connectivity index (χ1) is 10.0. The minimum absolute atomic E-state index is 0.157. The Hall–Kier alpha value is -1.08. The second kappa shape index (κ2) is 7.26. The number of nitrogens with one attached hydrogen (secondary N) is 1. The molecule has 1 saturated carbocycles. The molecule has 0 aromatic carbocycles. The summed E-state index contributed by atoms with van der Waals surface area (Å²) in [5.41, 5.74) is -0.550. The number of carbonyl (C=O) groups is 1. The van der Waals surface area contributed by atoms with Crippen molar-refractivity contribution in [2.24, 2.45) is 7.05 Å². The fourth-order valence-corrected chi connectivity index (χ4v) is 3.18. The van der Waals surface area contributed by atoms with E-state index < -0.39 is 5.54 Å². The monoisotopic (exact) mass is 312 g/mol. The van der Waals surface area contributed by atoms with Gasteiger partial charge in [-0.3, -0.25) is 10.1 Å².